The second kappa shape index (κ2) is 6.77. The molecule has 1 aromatic rings. The van der Waals surface area contributed by atoms with Gasteiger partial charge in [0.05, 0.1) is 12.8 Å². The van der Waals surface area contributed by atoms with E-state index in [0.29, 0.717) is 5.25 Å². The van der Waals surface area contributed by atoms with Crippen molar-refractivity contribution in [3.05, 3.63) is 12.4 Å². The average Bonchev–Trinajstić information content (AvgIpc) is 2.82. The minimum atomic E-state index is -0.0614. The lowest BCUT2D eigenvalue weighted by Crippen LogP contribution is -2.52. The fourth-order valence-corrected chi connectivity index (χ4v) is 4.20. The third-order valence-electron chi connectivity index (χ3n) is 3.84. The molecule has 0 amide bonds. The number of aliphatic hydroxyl groups is 1. The lowest BCUT2D eigenvalue weighted by Gasteiger charge is -2.40. The largest absolute Gasteiger partial charge is 0.394 e. The van der Waals surface area contributed by atoms with E-state index in [1.807, 2.05) is 29.7 Å². The van der Waals surface area contributed by atoms with Crippen LogP contribution in [0, 0.1) is 0 Å². The van der Waals surface area contributed by atoms with Gasteiger partial charge < -0.3 is 10.4 Å². The molecule has 108 valence electrons. The van der Waals surface area contributed by atoms with Crippen molar-refractivity contribution < 1.29 is 5.11 Å². The Bertz CT molecular complexity index is 396. The number of aliphatic hydroxyl groups excluding tert-OH is 1. The summed E-state index contributed by atoms with van der Waals surface area (Å²) in [6.07, 6.45) is 9.67. The molecule has 1 fully saturated rings. The fraction of sp³-hybridized carbons (Fsp3) is 0.786. The van der Waals surface area contributed by atoms with Crippen LogP contribution in [-0.2, 0) is 7.05 Å². The van der Waals surface area contributed by atoms with Crippen molar-refractivity contribution >= 4 is 11.8 Å². The topological polar surface area (TPSA) is 50.1 Å². The number of thioether (sulfide) groups is 1. The van der Waals surface area contributed by atoms with Crippen LogP contribution in [0.15, 0.2) is 17.3 Å². The van der Waals surface area contributed by atoms with Crippen molar-refractivity contribution in [1.29, 1.82) is 0 Å². The lowest BCUT2D eigenvalue weighted by atomic mass is 9.82. The van der Waals surface area contributed by atoms with E-state index in [-0.39, 0.29) is 12.1 Å². The van der Waals surface area contributed by atoms with Crippen LogP contribution in [0.5, 0.6) is 0 Å². The van der Waals surface area contributed by atoms with E-state index < -0.39 is 0 Å². The molecule has 0 saturated heterocycles. The van der Waals surface area contributed by atoms with Crippen molar-refractivity contribution in [2.75, 3.05) is 13.2 Å². The molecule has 4 nitrogen and oxygen atoms in total. The molecule has 0 aromatic carbocycles. The van der Waals surface area contributed by atoms with Gasteiger partial charge >= 0.3 is 0 Å². The molecule has 2 atom stereocenters. The molecule has 2 N–H and O–H groups in total. The van der Waals surface area contributed by atoms with Gasteiger partial charge in [0.25, 0.3) is 0 Å². The van der Waals surface area contributed by atoms with Gasteiger partial charge in [0.15, 0.2) is 0 Å². The van der Waals surface area contributed by atoms with Crippen LogP contribution >= 0.6 is 11.8 Å². The van der Waals surface area contributed by atoms with Gasteiger partial charge in [-0.25, -0.2) is 0 Å². The highest BCUT2D eigenvalue weighted by atomic mass is 32.2. The SMILES string of the molecule is CCCNC1(CO)CCCC(Sc2cnn(C)c2)C1. The Hall–Kier alpha value is -0.520. The predicted octanol–water partition coefficient (Wildman–Crippen LogP) is 2.19. The quantitative estimate of drug-likeness (QED) is 0.840. The van der Waals surface area contributed by atoms with Crippen LogP contribution in [0.1, 0.15) is 39.0 Å². The molecule has 1 heterocycles. The Morgan fingerprint density at radius 2 is 2.47 bits per heavy atom. The Morgan fingerprint density at radius 3 is 3.11 bits per heavy atom. The molecular weight excluding hydrogens is 258 g/mol. The van der Waals surface area contributed by atoms with Gasteiger partial charge in [-0.1, -0.05) is 13.3 Å². The van der Waals surface area contributed by atoms with Gasteiger partial charge in [0.1, 0.15) is 0 Å². The maximum absolute atomic E-state index is 9.77. The van der Waals surface area contributed by atoms with E-state index in [0.717, 1.165) is 25.8 Å². The summed E-state index contributed by atoms with van der Waals surface area (Å²) < 4.78 is 1.85. The van der Waals surface area contributed by atoms with Crippen molar-refractivity contribution in [2.45, 2.75) is 54.7 Å². The maximum atomic E-state index is 9.77. The number of aryl methyl sites for hydroxylation is 1. The summed E-state index contributed by atoms with van der Waals surface area (Å²) >= 11 is 1.90. The molecule has 19 heavy (non-hydrogen) atoms. The van der Waals surface area contributed by atoms with Crippen LogP contribution in [-0.4, -0.2) is 38.8 Å². The molecule has 5 heteroatoms. The van der Waals surface area contributed by atoms with Crippen molar-refractivity contribution in [3.63, 3.8) is 0 Å². The zero-order chi connectivity index (χ0) is 13.7. The number of aromatic nitrogens is 2. The second-order valence-electron chi connectivity index (χ2n) is 5.55. The van der Waals surface area contributed by atoms with Crippen molar-refractivity contribution in [2.24, 2.45) is 7.05 Å². The minimum absolute atomic E-state index is 0.0614. The smallest absolute Gasteiger partial charge is 0.0625 e. The second-order valence-corrected chi connectivity index (χ2v) is 6.92. The first-order valence-electron chi connectivity index (χ1n) is 7.18. The monoisotopic (exact) mass is 283 g/mol. The van der Waals surface area contributed by atoms with Gasteiger partial charge in [0, 0.05) is 28.9 Å². The summed E-state index contributed by atoms with van der Waals surface area (Å²) in [6.45, 7) is 3.41. The van der Waals surface area contributed by atoms with E-state index in [1.54, 1.807) is 0 Å². The molecule has 0 aliphatic heterocycles. The van der Waals surface area contributed by atoms with E-state index in [9.17, 15) is 5.11 Å². The van der Waals surface area contributed by atoms with Crippen molar-refractivity contribution in [3.8, 4) is 0 Å². The Labute approximate surface area is 120 Å². The summed E-state index contributed by atoms with van der Waals surface area (Å²) in [7, 11) is 1.95. The van der Waals surface area contributed by atoms with Crippen LogP contribution in [0.25, 0.3) is 0 Å². The molecule has 1 aliphatic rings. The molecule has 0 radical (unpaired) electrons. The van der Waals surface area contributed by atoms with Crippen LogP contribution in [0.2, 0.25) is 0 Å². The predicted molar refractivity (Wildman–Crippen MR) is 79.4 cm³/mol. The normalized spacial score (nSPS) is 27.6. The first kappa shape index (κ1) is 14.9. The van der Waals surface area contributed by atoms with Gasteiger partial charge in [-0.15, -0.1) is 11.8 Å². The maximum Gasteiger partial charge on any atom is 0.0625 e. The van der Waals surface area contributed by atoms with E-state index >= 15 is 0 Å². The highest BCUT2D eigenvalue weighted by molar-refractivity contribution is 8.00. The molecule has 0 bridgehead atoms. The number of nitrogens with zero attached hydrogens (tertiary/aromatic N) is 2. The summed E-state index contributed by atoms with van der Waals surface area (Å²) in [5.41, 5.74) is -0.0614. The van der Waals surface area contributed by atoms with Crippen LogP contribution in [0.4, 0.5) is 0 Å². The fourth-order valence-electron chi connectivity index (χ4n) is 2.81. The number of nitrogens with one attached hydrogen (secondary N) is 1. The number of hydrogen-bond donors (Lipinski definition) is 2. The number of hydrogen-bond acceptors (Lipinski definition) is 4. The molecule has 2 unspecified atom stereocenters. The summed E-state index contributed by atoms with van der Waals surface area (Å²) in [5, 5.41) is 18.1. The third-order valence-corrected chi connectivity index (χ3v) is 5.06. The molecule has 1 aromatic heterocycles. The summed E-state index contributed by atoms with van der Waals surface area (Å²) in [4.78, 5) is 1.23. The molecule has 1 aliphatic carbocycles. The Kier molecular flexibility index (Phi) is 5.30. The Balaban J connectivity index is 1.95. The first-order valence-corrected chi connectivity index (χ1v) is 8.06. The molecule has 0 spiro atoms. The minimum Gasteiger partial charge on any atom is -0.394 e. The highest BCUT2D eigenvalue weighted by Gasteiger charge is 2.35. The lowest BCUT2D eigenvalue weighted by molar-refractivity contribution is 0.124. The Morgan fingerprint density at radius 1 is 1.63 bits per heavy atom. The zero-order valence-electron chi connectivity index (χ0n) is 11.9. The van der Waals surface area contributed by atoms with Crippen LogP contribution < -0.4 is 5.32 Å². The summed E-state index contributed by atoms with van der Waals surface area (Å²) in [6, 6.07) is 0. The zero-order valence-corrected chi connectivity index (χ0v) is 12.7. The van der Waals surface area contributed by atoms with E-state index in [4.69, 9.17) is 0 Å². The average molecular weight is 283 g/mol. The van der Waals surface area contributed by atoms with E-state index in [1.165, 1.54) is 17.7 Å². The van der Waals surface area contributed by atoms with Crippen LogP contribution in [0.3, 0.4) is 0 Å². The highest BCUT2D eigenvalue weighted by Crippen LogP contribution is 2.38. The molecular formula is C14H25N3OS. The van der Waals surface area contributed by atoms with E-state index in [2.05, 4.69) is 23.5 Å². The van der Waals surface area contributed by atoms with Gasteiger partial charge in [-0.3, -0.25) is 4.68 Å². The first-order chi connectivity index (χ1) is 9.17. The number of rotatable bonds is 6. The van der Waals surface area contributed by atoms with Crippen molar-refractivity contribution in [1.82, 2.24) is 15.1 Å². The summed E-state index contributed by atoms with van der Waals surface area (Å²) in [5.74, 6) is 0. The van der Waals surface area contributed by atoms with Gasteiger partial charge in [-0.05, 0) is 32.2 Å². The standard InChI is InChI=1S/C14H25N3OS/c1-3-7-15-14(11-18)6-4-5-12(8-14)19-13-9-16-17(2)10-13/h9-10,12,15,18H,3-8,11H2,1-2H3. The molecule has 1 saturated carbocycles. The van der Waals surface area contributed by atoms with Gasteiger partial charge in [0.2, 0.25) is 0 Å². The molecule has 2 rings (SSSR count). The van der Waals surface area contributed by atoms with Gasteiger partial charge in [-0.2, -0.15) is 5.10 Å². The third kappa shape index (κ3) is 3.97.